The smallest absolute Gasteiger partial charge is 0.241 e. The van der Waals surface area contributed by atoms with Crippen LogP contribution in [0.3, 0.4) is 0 Å². The van der Waals surface area contributed by atoms with Crippen molar-refractivity contribution in [1.29, 1.82) is 0 Å². The highest BCUT2D eigenvalue weighted by Crippen LogP contribution is 2.32. The Morgan fingerprint density at radius 1 is 0.842 bits per heavy atom. The van der Waals surface area contributed by atoms with Gasteiger partial charge in [0.1, 0.15) is 11.5 Å². The van der Waals surface area contributed by atoms with Crippen LogP contribution in [0.15, 0.2) is 96.0 Å². The Balaban J connectivity index is 0.00000200. The quantitative estimate of drug-likeness (QED) is 0.241. The van der Waals surface area contributed by atoms with Crippen molar-refractivity contribution < 1.29 is 12.8 Å². The van der Waals surface area contributed by atoms with Crippen LogP contribution in [-0.4, -0.2) is 23.6 Å². The Kier molecular flexibility index (Phi) is 9.35. The van der Waals surface area contributed by atoms with Gasteiger partial charge >= 0.3 is 0 Å². The van der Waals surface area contributed by atoms with E-state index in [2.05, 4.69) is 25.2 Å². The molecule has 5 aromatic rings. The Morgan fingerprint density at radius 3 is 2.26 bits per heavy atom. The lowest BCUT2D eigenvalue weighted by atomic mass is 10.0. The van der Waals surface area contributed by atoms with Crippen molar-refractivity contribution in [2.45, 2.75) is 18.4 Å². The molecule has 0 amide bonds. The number of nitrogens with one attached hydrogen (secondary N) is 2. The molecule has 0 saturated heterocycles. The molecule has 0 spiro atoms. The average molecular weight is 572 g/mol. The van der Waals surface area contributed by atoms with Crippen LogP contribution in [-0.2, 0) is 16.6 Å². The second-order valence-electron chi connectivity index (χ2n) is 8.20. The summed E-state index contributed by atoms with van der Waals surface area (Å²) in [5.74, 6) is 0.185. The normalized spacial score (nSPS) is 10.9. The summed E-state index contributed by atoms with van der Waals surface area (Å²) in [6.45, 7) is 1.83. The molecular weight excluding hydrogens is 548 g/mol. The Bertz CT molecular complexity index is 1650. The van der Waals surface area contributed by atoms with Crippen molar-refractivity contribution in [1.82, 2.24) is 19.9 Å². The van der Waals surface area contributed by atoms with Gasteiger partial charge in [0.2, 0.25) is 10.0 Å². The van der Waals surface area contributed by atoms with Gasteiger partial charge in [-0.25, -0.2) is 17.5 Å². The zero-order valence-corrected chi connectivity index (χ0v) is 22.6. The van der Waals surface area contributed by atoms with E-state index in [4.69, 9.17) is 0 Å². The topological polar surface area (TPSA) is 96.9 Å². The van der Waals surface area contributed by atoms with Crippen LogP contribution in [0.5, 0.6) is 0 Å². The molecule has 38 heavy (non-hydrogen) atoms. The van der Waals surface area contributed by atoms with Crippen LogP contribution in [0.1, 0.15) is 11.3 Å². The number of aromatic nitrogens is 3. The first-order chi connectivity index (χ1) is 17.4. The van der Waals surface area contributed by atoms with Crippen molar-refractivity contribution in [3.63, 3.8) is 0 Å². The summed E-state index contributed by atoms with van der Waals surface area (Å²) in [5, 5.41) is 13.6. The molecule has 2 aromatic heterocycles. The highest BCUT2D eigenvalue weighted by molar-refractivity contribution is 7.89. The third-order valence-electron chi connectivity index (χ3n) is 5.71. The summed E-state index contributed by atoms with van der Waals surface area (Å²) in [6, 6.07) is 24.1. The molecule has 0 aliphatic carbocycles. The molecule has 0 saturated carbocycles. The number of aryl methyl sites for hydroxylation is 1. The van der Waals surface area contributed by atoms with Crippen LogP contribution < -0.4 is 10.0 Å². The van der Waals surface area contributed by atoms with Crippen LogP contribution in [0.25, 0.3) is 22.0 Å². The van der Waals surface area contributed by atoms with Gasteiger partial charge in [-0.05, 0) is 55.0 Å². The molecule has 3 aromatic carbocycles. The molecule has 0 atom stereocenters. The molecule has 2 N–H and O–H groups in total. The number of sulfonamides is 1. The first kappa shape index (κ1) is 28.9. The van der Waals surface area contributed by atoms with Crippen LogP contribution >= 0.6 is 24.8 Å². The summed E-state index contributed by atoms with van der Waals surface area (Å²) >= 11 is 0. The predicted octanol–water partition coefficient (Wildman–Crippen LogP) is 6.21. The number of pyridine rings is 1. The molecule has 0 fully saturated rings. The fourth-order valence-electron chi connectivity index (χ4n) is 3.87. The van der Waals surface area contributed by atoms with E-state index in [1.165, 1.54) is 12.1 Å². The van der Waals surface area contributed by atoms with Gasteiger partial charge in [-0.15, -0.1) is 35.0 Å². The zero-order chi connectivity index (χ0) is 25.1. The number of nitrogens with zero attached hydrogens (tertiary/aromatic N) is 3. The molecule has 0 radical (unpaired) electrons. The fraction of sp³-hybridized carbons (Fsp3) is 0.0741. The summed E-state index contributed by atoms with van der Waals surface area (Å²) in [6.07, 6.45) is 1.62. The second kappa shape index (κ2) is 12.3. The Hall–Kier alpha value is -3.63. The highest BCUT2D eigenvalue weighted by atomic mass is 35.5. The lowest BCUT2D eigenvalue weighted by molar-refractivity contribution is 0.580. The number of anilines is 2. The van der Waals surface area contributed by atoms with Crippen molar-refractivity contribution in [2.75, 3.05) is 5.32 Å². The molecule has 0 bridgehead atoms. The number of halogens is 3. The van der Waals surface area contributed by atoms with Crippen LogP contribution in [0.2, 0.25) is 0 Å². The van der Waals surface area contributed by atoms with Gasteiger partial charge in [-0.3, -0.25) is 4.98 Å². The van der Waals surface area contributed by atoms with Crippen LogP contribution in [0, 0.1) is 12.7 Å². The first-order valence-corrected chi connectivity index (χ1v) is 12.7. The van der Waals surface area contributed by atoms with E-state index in [1.807, 2.05) is 30.3 Å². The third kappa shape index (κ3) is 6.25. The number of hydrogen-bond acceptors (Lipinski definition) is 6. The van der Waals surface area contributed by atoms with Gasteiger partial charge in [-0.2, -0.15) is 0 Å². The lowest BCUT2D eigenvalue weighted by Crippen LogP contribution is -2.24. The van der Waals surface area contributed by atoms with E-state index in [1.54, 1.807) is 55.6 Å². The first-order valence-electron chi connectivity index (χ1n) is 11.2. The van der Waals surface area contributed by atoms with Crippen molar-refractivity contribution in [3.8, 4) is 11.3 Å². The Labute approximate surface area is 232 Å². The summed E-state index contributed by atoms with van der Waals surface area (Å²) in [5.41, 5.74) is 3.08. The monoisotopic (exact) mass is 571 g/mol. The van der Waals surface area contributed by atoms with E-state index < -0.39 is 10.0 Å². The lowest BCUT2D eigenvalue weighted by Gasteiger charge is -2.13. The minimum Gasteiger partial charge on any atom is -0.338 e. The number of fused-ring (bicyclic) bond motifs is 1. The van der Waals surface area contributed by atoms with Gasteiger partial charge in [0.25, 0.3) is 0 Å². The Morgan fingerprint density at radius 2 is 1.55 bits per heavy atom. The maximum atomic E-state index is 13.3. The number of hydrogen-bond donors (Lipinski definition) is 2. The maximum Gasteiger partial charge on any atom is 0.241 e. The minimum atomic E-state index is -3.81. The summed E-state index contributed by atoms with van der Waals surface area (Å²) in [7, 11) is -3.81. The molecule has 0 aliphatic rings. The largest absolute Gasteiger partial charge is 0.338 e. The molecule has 5 rings (SSSR count). The number of rotatable bonds is 7. The van der Waals surface area contributed by atoms with E-state index in [0.29, 0.717) is 34.0 Å². The highest BCUT2D eigenvalue weighted by Gasteiger charge is 2.19. The van der Waals surface area contributed by atoms with Gasteiger partial charge in [0.05, 0.1) is 17.1 Å². The SMILES string of the molecule is Cc1ccc(-c2nnc(Nc3ccc(F)cc3)c3ccccc23)cc1S(=O)(=O)NCc1ccccn1.Cl.Cl. The zero-order valence-electron chi connectivity index (χ0n) is 20.1. The standard InChI is InChI=1S/C27H22FN5O2S.2ClH/c1-18-9-10-19(16-25(18)36(34,35)30-17-22-6-4-5-15-29-22)26-23-7-2-3-8-24(23)27(33-32-26)31-21-13-11-20(28)12-14-21;;/h2-16,30H,17H2,1H3,(H,31,33);2*1H. The second-order valence-corrected chi connectivity index (χ2v) is 9.94. The molecule has 0 unspecified atom stereocenters. The summed E-state index contributed by atoms with van der Waals surface area (Å²) in [4.78, 5) is 4.33. The molecule has 11 heteroatoms. The predicted molar refractivity (Wildman–Crippen MR) is 152 cm³/mol. The van der Waals surface area contributed by atoms with Crippen molar-refractivity contribution >= 4 is 57.1 Å². The minimum absolute atomic E-state index is 0. The molecule has 196 valence electrons. The van der Waals surface area contributed by atoms with E-state index in [-0.39, 0.29) is 42.1 Å². The van der Waals surface area contributed by atoms with Crippen LogP contribution in [0.4, 0.5) is 15.9 Å². The third-order valence-corrected chi connectivity index (χ3v) is 7.26. The van der Waals surface area contributed by atoms with Gasteiger partial charge < -0.3 is 5.32 Å². The molecule has 7 nitrogen and oxygen atoms in total. The van der Waals surface area contributed by atoms with Crippen molar-refractivity contribution in [3.05, 3.63) is 108 Å². The fourth-order valence-corrected chi connectivity index (χ4v) is 5.13. The van der Waals surface area contributed by atoms with Crippen molar-refractivity contribution in [2.24, 2.45) is 0 Å². The maximum absolute atomic E-state index is 13.3. The molecular formula is C27H24Cl2FN5O2S. The van der Waals surface area contributed by atoms with E-state index >= 15 is 0 Å². The molecule has 0 aliphatic heterocycles. The number of benzene rings is 3. The molecule has 2 heterocycles. The summed E-state index contributed by atoms with van der Waals surface area (Å²) < 4.78 is 42.2. The van der Waals surface area contributed by atoms with E-state index in [9.17, 15) is 12.8 Å². The average Bonchev–Trinajstić information content (AvgIpc) is 2.90. The van der Waals surface area contributed by atoms with E-state index in [0.717, 1.165) is 10.8 Å². The van der Waals surface area contributed by atoms with Gasteiger partial charge in [0.15, 0.2) is 5.82 Å². The van der Waals surface area contributed by atoms with Gasteiger partial charge in [-0.1, -0.05) is 42.5 Å². The van der Waals surface area contributed by atoms with Gasteiger partial charge in [0, 0.05) is 28.2 Å².